The second kappa shape index (κ2) is 5.27. The number of benzene rings is 1. The number of rotatable bonds is 3. The molecule has 1 unspecified atom stereocenters. The number of aliphatic imine (C=N–C) groups is 4. The second-order valence-corrected chi connectivity index (χ2v) is 5.07. The molecule has 0 radical (unpaired) electrons. The number of amidine groups is 1. The van der Waals surface area contributed by atoms with Crippen LogP contribution in [-0.2, 0) is 6.42 Å². The summed E-state index contributed by atoms with van der Waals surface area (Å²) in [7, 11) is 0. The van der Waals surface area contributed by atoms with Gasteiger partial charge in [-0.15, -0.1) is 11.8 Å². The Labute approximate surface area is 110 Å². The Morgan fingerprint density at radius 1 is 1.06 bits per heavy atom. The van der Waals surface area contributed by atoms with Gasteiger partial charge in [0, 0.05) is 5.75 Å². The van der Waals surface area contributed by atoms with Gasteiger partial charge in [0.1, 0.15) is 17.7 Å². The fourth-order valence-electron chi connectivity index (χ4n) is 1.82. The highest BCUT2D eigenvalue weighted by molar-refractivity contribution is 8.14. The van der Waals surface area contributed by atoms with Crippen molar-refractivity contribution in [2.24, 2.45) is 20.0 Å². The molecule has 0 amide bonds. The van der Waals surface area contributed by atoms with Crippen LogP contribution in [0.15, 0.2) is 50.3 Å². The Kier molecular flexibility index (Phi) is 3.32. The van der Waals surface area contributed by atoms with Gasteiger partial charge in [-0.25, -0.2) is 15.0 Å². The van der Waals surface area contributed by atoms with Gasteiger partial charge in [0.2, 0.25) is 0 Å². The normalized spacial score (nSPS) is 20.6. The highest BCUT2D eigenvalue weighted by atomic mass is 32.2. The first kappa shape index (κ1) is 11.3. The van der Waals surface area contributed by atoms with Crippen molar-refractivity contribution < 1.29 is 0 Å². The minimum Gasteiger partial charge on any atom is -0.255 e. The van der Waals surface area contributed by atoms with Crippen molar-refractivity contribution in [1.29, 1.82) is 0 Å². The third kappa shape index (κ3) is 2.41. The smallest absolute Gasteiger partial charge is 0.163 e. The van der Waals surface area contributed by atoms with Crippen LogP contribution in [0.1, 0.15) is 5.56 Å². The molecular formula is C13H12N4S. The minimum atomic E-state index is -0.0595. The molecule has 0 aliphatic carbocycles. The van der Waals surface area contributed by atoms with Crippen molar-refractivity contribution in [2.45, 2.75) is 12.5 Å². The number of nitrogens with zero attached hydrogens (tertiary/aromatic N) is 4. The Morgan fingerprint density at radius 3 is 2.83 bits per heavy atom. The Bertz CT molecular complexity index is 545. The van der Waals surface area contributed by atoms with E-state index >= 15 is 0 Å². The van der Waals surface area contributed by atoms with E-state index in [4.69, 9.17) is 0 Å². The lowest BCUT2D eigenvalue weighted by molar-refractivity contribution is 1.15. The lowest BCUT2D eigenvalue weighted by atomic mass is 10.2. The average Bonchev–Trinajstić information content (AvgIpc) is 2.89. The van der Waals surface area contributed by atoms with Gasteiger partial charge in [-0.05, 0) is 12.0 Å². The highest BCUT2D eigenvalue weighted by Gasteiger charge is 2.26. The predicted octanol–water partition coefficient (Wildman–Crippen LogP) is 2.21. The molecule has 2 aliphatic rings. The van der Waals surface area contributed by atoms with E-state index in [1.54, 1.807) is 24.4 Å². The quantitative estimate of drug-likeness (QED) is 0.818. The average molecular weight is 256 g/mol. The molecule has 0 fully saturated rings. The summed E-state index contributed by atoms with van der Waals surface area (Å²) in [6.07, 6.45) is 4.16. The van der Waals surface area contributed by atoms with Crippen molar-refractivity contribution >= 4 is 35.3 Å². The van der Waals surface area contributed by atoms with Crippen LogP contribution in [0.3, 0.4) is 0 Å². The lowest BCUT2D eigenvalue weighted by Gasteiger charge is -2.13. The molecule has 0 aromatic heterocycles. The van der Waals surface area contributed by atoms with Crippen molar-refractivity contribution in [3.8, 4) is 0 Å². The summed E-state index contributed by atoms with van der Waals surface area (Å²) in [5.74, 6) is 1.75. The van der Waals surface area contributed by atoms with Gasteiger partial charge in [-0.1, -0.05) is 30.3 Å². The number of thioether (sulfide) groups is 1. The zero-order valence-corrected chi connectivity index (χ0v) is 10.5. The molecule has 1 atom stereocenters. The van der Waals surface area contributed by atoms with Crippen molar-refractivity contribution in [1.82, 2.24) is 0 Å². The summed E-state index contributed by atoms with van der Waals surface area (Å²) in [6.45, 7) is 0. The molecule has 2 heterocycles. The minimum absolute atomic E-state index is 0.0595. The van der Waals surface area contributed by atoms with Gasteiger partial charge in [0.25, 0.3) is 0 Å². The van der Waals surface area contributed by atoms with E-state index in [1.165, 1.54) is 5.56 Å². The molecule has 0 bridgehead atoms. The zero-order chi connectivity index (χ0) is 12.2. The molecular weight excluding hydrogens is 244 g/mol. The van der Waals surface area contributed by atoms with E-state index in [-0.39, 0.29) is 6.04 Å². The van der Waals surface area contributed by atoms with Crippen LogP contribution < -0.4 is 0 Å². The third-order valence-corrected chi connectivity index (χ3v) is 3.78. The summed E-state index contributed by atoms with van der Waals surface area (Å²) in [5, 5.41) is 0.994. The lowest BCUT2D eigenvalue weighted by Crippen LogP contribution is -2.26. The standard InChI is InChI=1S/C13H12N4S/c1-2-4-10(5-3-1)6-7-18-13-11-12(15-8-14-11)16-9-17-13/h1-5,8-9,11H,6-7H2. The van der Waals surface area contributed by atoms with Gasteiger partial charge in [0.05, 0.1) is 0 Å². The van der Waals surface area contributed by atoms with Crippen molar-refractivity contribution in [3.05, 3.63) is 35.9 Å². The van der Waals surface area contributed by atoms with E-state index in [0.29, 0.717) is 0 Å². The third-order valence-electron chi connectivity index (χ3n) is 2.74. The van der Waals surface area contributed by atoms with Crippen LogP contribution in [0.2, 0.25) is 0 Å². The van der Waals surface area contributed by atoms with E-state index in [2.05, 4.69) is 44.2 Å². The van der Waals surface area contributed by atoms with E-state index in [9.17, 15) is 0 Å². The number of hydrogen-bond acceptors (Lipinski definition) is 5. The van der Waals surface area contributed by atoms with Crippen molar-refractivity contribution in [2.75, 3.05) is 5.75 Å². The van der Waals surface area contributed by atoms with E-state index in [1.807, 2.05) is 6.07 Å². The molecule has 0 saturated heterocycles. The maximum Gasteiger partial charge on any atom is 0.163 e. The van der Waals surface area contributed by atoms with Crippen LogP contribution >= 0.6 is 11.8 Å². The van der Waals surface area contributed by atoms with Crippen LogP contribution in [0.4, 0.5) is 0 Å². The fourth-order valence-corrected chi connectivity index (χ4v) is 2.82. The van der Waals surface area contributed by atoms with Gasteiger partial charge in [-0.3, -0.25) is 4.99 Å². The molecule has 0 spiro atoms. The van der Waals surface area contributed by atoms with Gasteiger partial charge in [-0.2, -0.15) is 0 Å². The molecule has 0 N–H and O–H groups in total. The van der Waals surface area contributed by atoms with Crippen LogP contribution in [0.5, 0.6) is 0 Å². The van der Waals surface area contributed by atoms with Gasteiger partial charge >= 0.3 is 0 Å². The first-order chi connectivity index (χ1) is 8.93. The topological polar surface area (TPSA) is 49.4 Å². The Morgan fingerprint density at radius 2 is 1.94 bits per heavy atom. The monoisotopic (exact) mass is 256 g/mol. The van der Waals surface area contributed by atoms with Crippen LogP contribution in [0, 0.1) is 0 Å². The van der Waals surface area contributed by atoms with E-state index in [0.717, 1.165) is 23.1 Å². The van der Waals surface area contributed by atoms with E-state index < -0.39 is 0 Å². The molecule has 2 aliphatic heterocycles. The number of hydrogen-bond donors (Lipinski definition) is 0. The summed E-state index contributed by atoms with van der Waals surface area (Å²) < 4.78 is 0. The molecule has 90 valence electrons. The predicted molar refractivity (Wildman–Crippen MR) is 78.2 cm³/mol. The van der Waals surface area contributed by atoms with Gasteiger partial charge in [0.15, 0.2) is 11.9 Å². The van der Waals surface area contributed by atoms with Crippen LogP contribution in [-0.4, -0.2) is 35.4 Å². The zero-order valence-electron chi connectivity index (χ0n) is 9.73. The molecule has 4 nitrogen and oxygen atoms in total. The fraction of sp³-hybridized carbons (Fsp3) is 0.231. The first-order valence-electron chi connectivity index (χ1n) is 5.80. The molecule has 18 heavy (non-hydrogen) atoms. The number of aryl methyl sites for hydroxylation is 1. The molecule has 3 rings (SSSR count). The largest absolute Gasteiger partial charge is 0.255 e. The maximum atomic E-state index is 4.30. The molecule has 5 heteroatoms. The summed E-state index contributed by atoms with van der Waals surface area (Å²) in [6, 6.07) is 10.4. The SMILES string of the molecule is C1=NC2=NC=NC2C(SCCc2ccccc2)=N1. The number of fused-ring (bicyclic) bond motifs is 1. The first-order valence-corrected chi connectivity index (χ1v) is 6.78. The van der Waals surface area contributed by atoms with Crippen molar-refractivity contribution in [3.63, 3.8) is 0 Å². The summed E-state index contributed by atoms with van der Waals surface area (Å²) in [4.78, 5) is 16.8. The molecule has 1 aromatic carbocycles. The molecule has 0 saturated carbocycles. The maximum absolute atomic E-state index is 4.30. The van der Waals surface area contributed by atoms with Gasteiger partial charge < -0.3 is 0 Å². The van der Waals surface area contributed by atoms with Crippen LogP contribution in [0.25, 0.3) is 0 Å². The molecule has 1 aromatic rings. The Hall–Kier alpha value is -1.75. The Balaban J connectivity index is 1.58. The highest BCUT2D eigenvalue weighted by Crippen LogP contribution is 2.19. The summed E-state index contributed by atoms with van der Waals surface area (Å²) >= 11 is 1.73. The second-order valence-electron chi connectivity index (χ2n) is 3.95. The summed E-state index contributed by atoms with van der Waals surface area (Å²) in [5.41, 5.74) is 1.35.